The van der Waals surface area contributed by atoms with E-state index in [0.717, 1.165) is 0 Å². The molecule has 1 N–H and O–H groups in total. The summed E-state index contributed by atoms with van der Waals surface area (Å²) in [5.74, 6) is 0. The van der Waals surface area contributed by atoms with E-state index in [1.54, 1.807) is 20.8 Å². The van der Waals surface area contributed by atoms with Crippen molar-refractivity contribution in [2.24, 2.45) is 0 Å². The molecule has 0 amide bonds. The molecule has 0 spiro atoms. The Labute approximate surface area is 57.5 Å². The molecule has 0 saturated carbocycles. The zero-order valence-electron chi connectivity index (χ0n) is 3.95. The van der Waals surface area contributed by atoms with Gasteiger partial charge < -0.3 is 5.11 Å². The molecule has 0 aromatic rings. The summed E-state index contributed by atoms with van der Waals surface area (Å²) in [7, 11) is 0. The van der Waals surface area contributed by atoms with Gasteiger partial charge in [0, 0.05) is 0 Å². The Balaban J connectivity index is 0. The number of aliphatic hydroxyl groups is 1. The van der Waals surface area contributed by atoms with Crippen LogP contribution in [0, 0.1) is 0 Å². The Bertz CT molecular complexity index is 23.0. The Morgan fingerprint density at radius 3 is 1.17 bits per heavy atom. The standard InChI is InChI=1S/C4H10O.In.3H/c1-4(2,3)5;;;;/h5H,1-3H3;;;;. The van der Waals surface area contributed by atoms with Crippen LogP contribution in [0.5, 0.6) is 0 Å². The molecule has 0 fully saturated rings. The minimum absolute atomic E-state index is 0. The van der Waals surface area contributed by atoms with Gasteiger partial charge in [-0.05, 0) is 20.8 Å². The van der Waals surface area contributed by atoms with Crippen LogP contribution in [-0.4, -0.2) is 36.6 Å². The van der Waals surface area contributed by atoms with E-state index in [1.807, 2.05) is 0 Å². The van der Waals surface area contributed by atoms with Gasteiger partial charge in [0.2, 0.25) is 0 Å². The predicted molar refractivity (Wildman–Crippen MR) is 31.9 cm³/mol. The zero-order valence-corrected chi connectivity index (χ0v) is 3.95. The van der Waals surface area contributed by atoms with E-state index < -0.39 is 5.60 Å². The second kappa shape index (κ2) is 2.92. The van der Waals surface area contributed by atoms with Crippen LogP contribution in [0.4, 0.5) is 0 Å². The normalized spacial score (nSPS) is 10.0. The summed E-state index contributed by atoms with van der Waals surface area (Å²) >= 11 is 0. The molecule has 0 aromatic carbocycles. The predicted octanol–water partition coefficient (Wildman–Crippen LogP) is -0.407. The average Bonchev–Trinajstić information content (AvgIpc) is 0.722. The van der Waals surface area contributed by atoms with Gasteiger partial charge in [-0.1, -0.05) is 0 Å². The minimum atomic E-state index is -0.500. The Morgan fingerprint density at radius 1 is 1.17 bits per heavy atom. The first-order valence-electron chi connectivity index (χ1n) is 1.72. The van der Waals surface area contributed by atoms with Crippen LogP contribution in [0.3, 0.4) is 0 Å². The van der Waals surface area contributed by atoms with Gasteiger partial charge in [0.15, 0.2) is 0 Å². The third-order valence-corrected chi connectivity index (χ3v) is 0. The van der Waals surface area contributed by atoms with Crippen molar-refractivity contribution in [3.8, 4) is 0 Å². The summed E-state index contributed by atoms with van der Waals surface area (Å²) < 4.78 is 0. The first-order valence-corrected chi connectivity index (χ1v) is 1.72. The fourth-order valence-electron chi connectivity index (χ4n) is 0. The quantitative estimate of drug-likeness (QED) is 0.553. The fourth-order valence-corrected chi connectivity index (χ4v) is 0. The number of hydrogen-bond donors (Lipinski definition) is 1. The molecular weight excluding hydrogens is 179 g/mol. The first-order chi connectivity index (χ1) is 2.00. The van der Waals surface area contributed by atoms with Crippen molar-refractivity contribution in [3.05, 3.63) is 0 Å². The van der Waals surface area contributed by atoms with Gasteiger partial charge in [-0.25, -0.2) is 0 Å². The number of rotatable bonds is 0. The van der Waals surface area contributed by atoms with Crippen molar-refractivity contribution in [2.75, 3.05) is 0 Å². The number of hydrogen-bond acceptors (Lipinski definition) is 1. The van der Waals surface area contributed by atoms with Gasteiger partial charge in [0.25, 0.3) is 0 Å². The average molecular weight is 192 g/mol. The van der Waals surface area contributed by atoms with E-state index in [2.05, 4.69) is 0 Å². The molecule has 2 heteroatoms. The van der Waals surface area contributed by atoms with Gasteiger partial charge in [-0.15, -0.1) is 0 Å². The summed E-state index contributed by atoms with van der Waals surface area (Å²) in [4.78, 5) is 0. The second-order valence-electron chi connectivity index (χ2n) is 2.17. The van der Waals surface area contributed by atoms with Crippen molar-refractivity contribution >= 4 is 25.8 Å². The topological polar surface area (TPSA) is 20.2 Å². The molecule has 0 saturated heterocycles. The van der Waals surface area contributed by atoms with Gasteiger partial charge in [-0.3, -0.25) is 0 Å². The summed E-state index contributed by atoms with van der Waals surface area (Å²) in [6.45, 7) is 5.23. The molecule has 0 aliphatic rings. The van der Waals surface area contributed by atoms with Crippen LogP contribution >= 0.6 is 0 Å². The fraction of sp³-hybridized carbons (Fsp3) is 1.00. The molecule has 0 rings (SSSR count). The Kier molecular flexibility index (Phi) is 4.84. The zero-order chi connectivity index (χ0) is 4.50. The van der Waals surface area contributed by atoms with Crippen LogP contribution in [-0.2, 0) is 0 Å². The molecule has 0 bridgehead atoms. The third kappa shape index (κ3) is 103. The van der Waals surface area contributed by atoms with Gasteiger partial charge in [0.1, 0.15) is 0 Å². The summed E-state index contributed by atoms with van der Waals surface area (Å²) in [5, 5.41) is 8.52. The Morgan fingerprint density at radius 2 is 1.17 bits per heavy atom. The molecule has 0 atom stereocenters. The van der Waals surface area contributed by atoms with Crippen molar-refractivity contribution < 1.29 is 5.11 Å². The third-order valence-electron chi connectivity index (χ3n) is 0. The van der Waals surface area contributed by atoms with E-state index in [1.165, 1.54) is 0 Å². The summed E-state index contributed by atoms with van der Waals surface area (Å²) in [6.07, 6.45) is 0. The van der Waals surface area contributed by atoms with E-state index >= 15 is 0 Å². The van der Waals surface area contributed by atoms with Crippen LogP contribution in [0.2, 0.25) is 0 Å². The molecular formula is C4H13InO. The van der Waals surface area contributed by atoms with E-state index in [4.69, 9.17) is 5.11 Å². The van der Waals surface area contributed by atoms with Gasteiger partial charge in [0.05, 0.1) is 5.60 Å². The van der Waals surface area contributed by atoms with Crippen LogP contribution in [0.1, 0.15) is 20.8 Å². The van der Waals surface area contributed by atoms with E-state index in [-0.39, 0.29) is 25.8 Å². The molecule has 0 aliphatic carbocycles. The second-order valence-corrected chi connectivity index (χ2v) is 2.17. The molecule has 0 unspecified atom stereocenters. The molecule has 1 nitrogen and oxygen atoms in total. The Hall–Kier alpha value is 0.830. The van der Waals surface area contributed by atoms with Crippen molar-refractivity contribution in [1.82, 2.24) is 0 Å². The molecule has 38 valence electrons. The van der Waals surface area contributed by atoms with Gasteiger partial charge >= 0.3 is 25.8 Å². The molecule has 0 aliphatic heterocycles. The maximum atomic E-state index is 8.52. The monoisotopic (exact) mass is 192 g/mol. The summed E-state index contributed by atoms with van der Waals surface area (Å²) in [5.41, 5.74) is -0.500. The SMILES string of the molecule is CC(C)(C)O.[InH3]. The molecule has 0 heterocycles. The maximum absolute atomic E-state index is 8.52. The molecule has 0 aromatic heterocycles. The van der Waals surface area contributed by atoms with Crippen molar-refractivity contribution in [1.29, 1.82) is 0 Å². The van der Waals surface area contributed by atoms with E-state index in [0.29, 0.717) is 0 Å². The first kappa shape index (κ1) is 9.95. The molecule has 0 radical (unpaired) electrons. The summed E-state index contributed by atoms with van der Waals surface area (Å²) in [6, 6.07) is 0. The van der Waals surface area contributed by atoms with Gasteiger partial charge in [-0.2, -0.15) is 0 Å². The van der Waals surface area contributed by atoms with Crippen LogP contribution in [0.25, 0.3) is 0 Å². The van der Waals surface area contributed by atoms with Crippen molar-refractivity contribution in [3.63, 3.8) is 0 Å². The molecule has 6 heavy (non-hydrogen) atoms. The van der Waals surface area contributed by atoms with E-state index in [9.17, 15) is 0 Å². The van der Waals surface area contributed by atoms with Crippen molar-refractivity contribution in [2.45, 2.75) is 26.4 Å². The van der Waals surface area contributed by atoms with Crippen LogP contribution < -0.4 is 0 Å². The van der Waals surface area contributed by atoms with Crippen LogP contribution in [0.15, 0.2) is 0 Å².